The fourth-order valence-corrected chi connectivity index (χ4v) is 8.03. The van der Waals surface area contributed by atoms with Crippen molar-refractivity contribution < 1.29 is 9.53 Å². The van der Waals surface area contributed by atoms with E-state index in [2.05, 4.69) is 181 Å². The van der Waals surface area contributed by atoms with Crippen LogP contribution in [-0.2, 0) is 9.53 Å². The van der Waals surface area contributed by atoms with E-state index in [9.17, 15) is 4.79 Å². The number of nitrogens with one attached hydrogen (secondary N) is 1. The second kappa shape index (κ2) is 16.9. The van der Waals surface area contributed by atoms with Crippen molar-refractivity contribution in [2.24, 2.45) is 0 Å². The average Bonchev–Trinajstić information content (AvgIpc) is 3.22. The monoisotopic (exact) mass is 713 g/mol. The van der Waals surface area contributed by atoms with E-state index < -0.39 is 0 Å². The van der Waals surface area contributed by atoms with Gasteiger partial charge in [0, 0.05) is 58.4 Å². The Morgan fingerprint density at radius 1 is 0.648 bits per heavy atom. The number of ether oxygens (including phenoxy) is 1. The van der Waals surface area contributed by atoms with Gasteiger partial charge in [-0.2, -0.15) is 0 Å². The summed E-state index contributed by atoms with van der Waals surface area (Å²) in [4.78, 5) is 17.2. The molecule has 0 amide bonds. The van der Waals surface area contributed by atoms with Gasteiger partial charge in [-0.15, -0.1) is 0 Å². The number of para-hydroxylation sites is 2. The molecule has 2 atom stereocenters. The molecule has 1 fully saturated rings. The van der Waals surface area contributed by atoms with Gasteiger partial charge in [-0.05, 0) is 117 Å². The molecule has 1 N–H and O–H groups in total. The summed E-state index contributed by atoms with van der Waals surface area (Å²) in [5, 5.41) is 6.19. The molecule has 6 aromatic carbocycles. The first-order valence-corrected chi connectivity index (χ1v) is 19.4. The average molecular weight is 714 g/mol. The van der Waals surface area contributed by atoms with E-state index in [1.165, 1.54) is 44.8 Å². The van der Waals surface area contributed by atoms with E-state index >= 15 is 0 Å². The number of nitrogens with zero attached hydrogens (tertiary/aromatic N) is 2. The van der Waals surface area contributed by atoms with Crippen LogP contribution in [0.1, 0.15) is 69.1 Å². The zero-order valence-corrected chi connectivity index (χ0v) is 31.7. The van der Waals surface area contributed by atoms with Crippen LogP contribution in [0.4, 0.5) is 28.4 Å². The van der Waals surface area contributed by atoms with Gasteiger partial charge >= 0.3 is 5.97 Å². The standard InChI is InChI=1S/C49H51N3O2/c1-5-51(38-17-9-7-10-18-38)40-29-25-36(26-30-40)48(37-27-31-41(32-28-37)52(6-2)39-19-11-8-12-20-39)44-33-34-45(43-22-14-13-21-42(43)44)50-46-23-15-16-24-47(46)54-49(53)35(3)4/h7-14,17-22,25-34,46-48,50H,3,5-6,15-16,23-24H2,1-2,4H3. The maximum Gasteiger partial charge on any atom is 0.333 e. The van der Waals surface area contributed by atoms with Crippen molar-refractivity contribution in [1.82, 2.24) is 0 Å². The topological polar surface area (TPSA) is 44.8 Å². The second-order valence-corrected chi connectivity index (χ2v) is 14.3. The molecule has 54 heavy (non-hydrogen) atoms. The van der Waals surface area contributed by atoms with Gasteiger partial charge in [0.05, 0.1) is 6.04 Å². The van der Waals surface area contributed by atoms with Crippen molar-refractivity contribution in [3.05, 3.63) is 174 Å². The molecular formula is C49H51N3O2. The van der Waals surface area contributed by atoms with E-state index in [0.717, 1.165) is 49.8 Å². The Kier molecular flexibility index (Phi) is 11.4. The lowest BCUT2D eigenvalue weighted by atomic mass is 9.82. The third-order valence-electron chi connectivity index (χ3n) is 10.8. The van der Waals surface area contributed by atoms with Crippen LogP contribution >= 0.6 is 0 Å². The van der Waals surface area contributed by atoms with Gasteiger partial charge in [-0.3, -0.25) is 0 Å². The summed E-state index contributed by atoms with van der Waals surface area (Å²) < 4.78 is 5.94. The van der Waals surface area contributed by atoms with E-state index in [1.807, 2.05) is 0 Å². The minimum absolute atomic E-state index is 0.00963. The first kappa shape index (κ1) is 36.5. The Labute approximate surface area is 320 Å². The quantitative estimate of drug-likeness (QED) is 0.0733. The largest absolute Gasteiger partial charge is 0.457 e. The molecule has 7 rings (SSSR count). The van der Waals surface area contributed by atoms with Crippen molar-refractivity contribution >= 4 is 45.2 Å². The molecule has 0 aliphatic heterocycles. The van der Waals surface area contributed by atoms with Crippen LogP contribution in [0, 0.1) is 0 Å². The van der Waals surface area contributed by atoms with Gasteiger partial charge in [-0.1, -0.05) is 104 Å². The molecule has 5 nitrogen and oxygen atoms in total. The maximum absolute atomic E-state index is 12.6. The molecule has 0 spiro atoms. The van der Waals surface area contributed by atoms with Gasteiger partial charge in [0.15, 0.2) is 0 Å². The Hall–Kier alpha value is -5.81. The third-order valence-corrected chi connectivity index (χ3v) is 10.8. The highest BCUT2D eigenvalue weighted by atomic mass is 16.5. The van der Waals surface area contributed by atoms with Gasteiger partial charge in [0.25, 0.3) is 0 Å². The number of carbonyl (C=O) groups excluding carboxylic acids is 1. The normalized spacial score (nSPS) is 15.5. The highest BCUT2D eigenvalue weighted by Crippen LogP contribution is 2.41. The lowest BCUT2D eigenvalue weighted by Crippen LogP contribution is -2.40. The number of hydrogen-bond acceptors (Lipinski definition) is 5. The van der Waals surface area contributed by atoms with Crippen LogP contribution < -0.4 is 15.1 Å². The third kappa shape index (κ3) is 7.91. The molecule has 0 radical (unpaired) electrons. The summed E-state index contributed by atoms with van der Waals surface area (Å²) in [6.07, 6.45) is 3.75. The minimum atomic E-state index is -0.314. The van der Waals surface area contributed by atoms with Crippen molar-refractivity contribution in [1.29, 1.82) is 0 Å². The van der Waals surface area contributed by atoms with Crippen LogP contribution in [0.3, 0.4) is 0 Å². The molecule has 0 heterocycles. The van der Waals surface area contributed by atoms with Crippen molar-refractivity contribution in [3.63, 3.8) is 0 Å². The Balaban J connectivity index is 1.28. The molecule has 1 aliphatic carbocycles. The van der Waals surface area contributed by atoms with Crippen molar-refractivity contribution in [2.75, 3.05) is 28.2 Å². The molecule has 0 saturated heterocycles. The Bertz CT molecular complexity index is 2070. The SMILES string of the molecule is C=C(C)C(=O)OC1CCCCC1Nc1ccc(C(c2ccc(N(CC)c3ccccc3)cc2)c2ccc(N(CC)c3ccccc3)cc2)c2ccccc12. The molecule has 5 heteroatoms. The van der Waals surface area contributed by atoms with Crippen molar-refractivity contribution in [3.8, 4) is 0 Å². The molecule has 1 saturated carbocycles. The number of fused-ring (bicyclic) bond motifs is 1. The Morgan fingerprint density at radius 2 is 1.13 bits per heavy atom. The highest BCUT2D eigenvalue weighted by Gasteiger charge is 2.29. The van der Waals surface area contributed by atoms with Crippen LogP contribution in [0.15, 0.2) is 158 Å². The van der Waals surface area contributed by atoms with Crippen LogP contribution in [0.2, 0.25) is 0 Å². The molecular weight excluding hydrogens is 663 g/mol. The first-order valence-electron chi connectivity index (χ1n) is 19.4. The Morgan fingerprint density at radius 3 is 1.65 bits per heavy atom. The van der Waals surface area contributed by atoms with Crippen LogP contribution in [0.25, 0.3) is 10.8 Å². The predicted molar refractivity (Wildman–Crippen MR) is 227 cm³/mol. The summed E-state index contributed by atoms with van der Waals surface area (Å²) in [7, 11) is 0. The molecule has 1 aliphatic rings. The number of carbonyl (C=O) groups is 1. The fourth-order valence-electron chi connectivity index (χ4n) is 8.03. The van der Waals surface area contributed by atoms with E-state index in [-0.39, 0.29) is 24.0 Å². The molecule has 274 valence electrons. The first-order chi connectivity index (χ1) is 26.4. The number of anilines is 5. The lowest BCUT2D eigenvalue weighted by Gasteiger charge is -2.33. The zero-order chi connectivity index (χ0) is 37.4. The summed E-state index contributed by atoms with van der Waals surface area (Å²) in [6, 6.07) is 52.6. The lowest BCUT2D eigenvalue weighted by molar-refractivity contribution is -0.146. The number of benzene rings is 6. The number of esters is 1. The fraction of sp³-hybridized carbons (Fsp3) is 0.245. The van der Waals surface area contributed by atoms with E-state index in [0.29, 0.717) is 5.57 Å². The van der Waals surface area contributed by atoms with Crippen LogP contribution in [0.5, 0.6) is 0 Å². The van der Waals surface area contributed by atoms with Gasteiger partial charge in [0.2, 0.25) is 0 Å². The minimum Gasteiger partial charge on any atom is -0.457 e. The van der Waals surface area contributed by atoms with Gasteiger partial charge < -0.3 is 19.9 Å². The maximum atomic E-state index is 12.6. The smallest absolute Gasteiger partial charge is 0.333 e. The molecule has 0 aromatic heterocycles. The number of hydrogen-bond donors (Lipinski definition) is 1. The van der Waals surface area contributed by atoms with Gasteiger partial charge in [0.1, 0.15) is 6.10 Å². The van der Waals surface area contributed by atoms with E-state index in [4.69, 9.17) is 4.74 Å². The van der Waals surface area contributed by atoms with Gasteiger partial charge in [-0.25, -0.2) is 4.79 Å². The molecule has 6 aromatic rings. The predicted octanol–water partition coefficient (Wildman–Crippen LogP) is 12.2. The molecule has 2 unspecified atom stereocenters. The second-order valence-electron chi connectivity index (χ2n) is 14.3. The highest BCUT2D eigenvalue weighted by molar-refractivity contribution is 5.97. The summed E-state index contributed by atoms with van der Waals surface area (Å²) in [6.45, 7) is 11.7. The van der Waals surface area contributed by atoms with E-state index in [1.54, 1.807) is 6.92 Å². The summed E-state index contributed by atoms with van der Waals surface area (Å²) >= 11 is 0. The summed E-state index contributed by atoms with van der Waals surface area (Å²) in [5.74, 6) is -0.324. The number of rotatable bonds is 13. The van der Waals surface area contributed by atoms with Crippen molar-refractivity contribution in [2.45, 2.75) is 64.5 Å². The van der Waals surface area contributed by atoms with Crippen LogP contribution in [-0.4, -0.2) is 31.2 Å². The molecule has 0 bridgehead atoms. The zero-order valence-electron chi connectivity index (χ0n) is 31.7. The summed E-state index contributed by atoms with van der Waals surface area (Å²) in [5.41, 5.74) is 9.91.